The summed E-state index contributed by atoms with van der Waals surface area (Å²) >= 11 is 0. The van der Waals surface area contributed by atoms with Crippen LogP contribution in [0, 0.1) is 11.8 Å². The molecule has 0 aromatic carbocycles. The fourth-order valence-corrected chi connectivity index (χ4v) is 0.726. The van der Waals surface area contributed by atoms with Crippen LogP contribution in [0.25, 0.3) is 0 Å². The Bertz CT molecular complexity index is 161. The molecule has 0 bridgehead atoms. The van der Waals surface area contributed by atoms with Gasteiger partial charge in [-0.2, -0.15) is 0 Å². The average Bonchev–Trinajstić information content (AvgIpc) is 2.03. The zero-order valence-electron chi connectivity index (χ0n) is 9.09. The minimum atomic E-state index is 0.673. The molecular formula is C12H22. The number of hydrogen-bond acceptors (Lipinski definition) is 0. The van der Waals surface area contributed by atoms with E-state index in [9.17, 15) is 0 Å². The molecule has 0 saturated heterocycles. The van der Waals surface area contributed by atoms with Crippen LogP contribution in [-0.2, 0) is 0 Å². The Morgan fingerprint density at radius 2 is 1.83 bits per heavy atom. The van der Waals surface area contributed by atoms with Crippen molar-refractivity contribution in [3.05, 3.63) is 23.8 Å². The van der Waals surface area contributed by atoms with Crippen molar-refractivity contribution in [1.29, 1.82) is 0 Å². The largest absolute Gasteiger partial charge is 0.0817 e. The van der Waals surface area contributed by atoms with E-state index in [-0.39, 0.29) is 0 Å². The van der Waals surface area contributed by atoms with E-state index < -0.39 is 0 Å². The van der Waals surface area contributed by atoms with Crippen molar-refractivity contribution in [1.82, 2.24) is 0 Å². The lowest BCUT2D eigenvalue weighted by Crippen LogP contribution is -1.87. The maximum absolute atomic E-state index is 2.27. The summed E-state index contributed by atoms with van der Waals surface area (Å²) in [6.07, 6.45) is 7.90. The zero-order valence-corrected chi connectivity index (χ0v) is 9.09. The van der Waals surface area contributed by atoms with Crippen LogP contribution in [0.1, 0.15) is 41.0 Å². The normalized spacial score (nSPS) is 16.0. The van der Waals surface area contributed by atoms with E-state index in [1.54, 1.807) is 0 Å². The molecule has 0 rings (SSSR count). The first kappa shape index (κ1) is 11.5. The van der Waals surface area contributed by atoms with E-state index in [4.69, 9.17) is 0 Å². The molecule has 0 aliphatic rings. The maximum atomic E-state index is 2.27. The van der Waals surface area contributed by atoms with Crippen molar-refractivity contribution in [2.75, 3.05) is 0 Å². The summed E-state index contributed by atoms with van der Waals surface area (Å²) < 4.78 is 0. The Balaban J connectivity index is 3.94. The van der Waals surface area contributed by atoms with E-state index >= 15 is 0 Å². The average molecular weight is 166 g/mol. The van der Waals surface area contributed by atoms with Crippen LogP contribution < -0.4 is 0 Å². The molecule has 1 atom stereocenters. The molecule has 0 aliphatic carbocycles. The van der Waals surface area contributed by atoms with Crippen molar-refractivity contribution < 1.29 is 0 Å². The van der Waals surface area contributed by atoms with Gasteiger partial charge in [0.15, 0.2) is 0 Å². The van der Waals surface area contributed by atoms with Crippen molar-refractivity contribution >= 4 is 0 Å². The summed E-state index contributed by atoms with van der Waals surface area (Å²) in [5, 5.41) is 0. The summed E-state index contributed by atoms with van der Waals surface area (Å²) in [4.78, 5) is 0. The minimum absolute atomic E-state index is 0.673. The smallest absolute Gasteiger partial charge is 0.0260 e. The van der Waals surface area contributed by atoms with Crippen LogP contribution in [0.5, 0.6) is 0 Å². The van der Waals surface area contributed by atoms with Crippen LogP contribution >= 0.6 is 0 Å². The Morgan fingerprint density at radius 3 is 2.25 bits per heavy atom. The highest BCUT2D eigenvalue weighted by Crippen LogP contribution is 2.08. The van der Waals surface area contributed by atoms with Crippen LogP contribution in [0.3, 0.4) is 0 Å². The van der Waals surface area contributed by atoms with Gasteiger partial charge in [-0.3, -0.25) is 0 Å². The molecule has 0 heterocycles. The first-order valence-electron chi connectivity index (χ1n) is 4.92. The van der Waals surface area contributed by atoms with Crippen molar-refractivity contribution in [2.45, 2.75) is 41.0 Å². The summed E-state index contributed by atoms with van der Waals surface area (Å²) in [5.41, 5.74) is 1.45. The highest BCUT2D eigenvalue weighted by atomic mass is 14.0. The Hall–Kier alpha value is -0.520. The molecule has 0 heteroatoms. The van der Waals surface area contributed by atoms with E-state index in [0.29, 0.717) is 11.8 Å². The summed E-state index contributed by atoms with van der Waals surface area (Å²) in [7, 11) is 0. The first-order chi connectivity index (χ1) is 5.57. The van der Waals surface area contributed by atoms with Gasteiger partial charge in [0.2, 0.25) is 0 Å². The second-order valence-corrected chi connectivity index (χ2v) is 3.84. The molecule has 0 aromatic heterocycles. The zero-order chi connectivity index (χ0) is 9.56. The molecule has 0 aliphatic heterocycles. The standard InChI is InChI=1S/C12H22/c1-6-11(4)8-7-9-12(5)10(2)3/h7-11H,6H2,1-5H3/b8-7-,12-9+. The van der Waals surface area contributed by atoms with Crippen LogP contribution in [0.15, 0.2) is 23.8 Å². The molecule has 0 N–H and O–H groups in total. The van der Waals surface area contributed by atoms with Crippen LogP contribution in [0.2, 0.25) is 0 Å². The Morgan fingerprint density at radius 1 is 1.25 bits per heavy atom. The van der Waals surface area contributed by atoms with Gasteiger partial charge in [-0.15, -0.1) is 0 Å². The maximum Gasteiger partial charge on any atom is -0.0260 e. The predicted molar refractivity (Wildman–Crippen MR) is 57.2 cm³/mol. The van der Waals surface area contributed by atoms with Gasteiger partial charge in [0.25, 0.3) is 0 Å². The third kappa shape index (κ3) is 5.17. The Kier molecular flexibility index (Phi) is 5.79. The SMILES string of the molecule is CCC(C)/C=C\C=C(/C)C(C)C. The van der Waals surface area contributed by atoms with Gasteiger partial charge in [-0.25, -0.2) is 0 Å². The van der Waals surface area contributed by atoms with Crippen molar-refractivity contribution in [2.24, 2.45) is 11.8 Å². The quantitative estimate of drug-likeness (QED) is 0.549. The van der Waals surface area contributed by atoms with Crippen molar-refractivity contribution in [3.8, 4) is 0 Å². The van der Waals surface area contributed by atoms with Crippen LogP contribution in [-0.4, -0.2) is 0 Å². The van der Waals surface area contributed by atoms with Gasteiger partial charge in [0.1, 0.15) is 0 Å². The van der Waals surface area contributed by atoms with E-state index in [0.717, 1.165) is 0 Å². The second-order valence-electron chi connectivity index (χ2n) is 3.84. The van der Waals surface area contributed by atoms with Gasteiger partial charge in [0.05, 0.1) is 0 Å². The number of hydrogen-bond donors (Lipinski definition) is 0. The van der Waals surface area contributed by atoms with Gasteiger partial charge in [0, 0.05) is 0 Å². The topological polar surface area (TPSA) is 0 Å². The highest BCUT2D eigenvalue weighted by Gasteiger charge is 1.93. The fraction of sp³-hybridized carbons (Fsp3) is 0.667. The molecule has 0 fully saturated rings. The molecular weight excluding hydrogens is 144 g/mol. The lowest BCUT2D eigenvalue weighted by Gasteiger charge is -2.02. The minimum Gasteiger partial charge on any atom is -0.0817 e. The monoisotopic (exact) mass is 166 g/mol. The third-order valence-corrected chi connectivity index (χ3v) is 2.35. The lowest BCUT2D eigenvalue weighted by atomic mass is 10.0. The summed E-state index contributed by atoms with van der Waals surface area (Å²) in [5.74, 6) is 1.38. The summed E-state index contributed by atoms with van der Waals surface area (Å²) in [6, 6.07) is 0. The van der Waals surface area contributed by atoms with Crippen molar-refractivity contribution in [3.63, 3.8) is 0 Å². The lowest BCUT2D eigenvalue weighted by molar-refractivity contribution is 0.698. The first-order valence-corrected chi connectivity index (χ1v) is 4.92. The van der Waals surface area contributed by atoms with E-state index in [2.05, 4.69) is 52.8 Å². The Labute approximate surface area is 77.4 Å². The van der Waals surface area contributed by atoms with E-state index in [1.807, 2.05) is 0 Å². The highest BCUT2D eigenvalue weighted by molar-refractivity contribution is 5.12. The molecule has 0 amide bonds. The summed E-state index contributed by atoms with van der Waals surface area (Å²) in [6.45, 7) is 11.1. The molecule has 0 radical (unpaired) electrons. The fourth-order valence-electron chi connectivity index (χ4n) is 0.726. The van der Waals surface area contributed by atoms with E-state index in [1.165, 1.54) is 12.0 Å². The molecule has 0 aromatic rings. The van der Waals surface area contributed by atoms with Gasteiger partial charge >= 0.3 is 0 Å². The molecule has 70 valence electrons. The molecule has 0 spiro atoms. The third-order valence-electron chi connectivity index (χ3n) is 2.35. The number of rotatable bonds is 4. The predicted octanol–water partition coefficient (Wildman–Crippen LogP) is 4.19. The van der Waals surface area contributed by atoms with Crippen LogP contribution in [0.4, 0.5) is 0 Å². The molecule has 0 nitrogen and oxygen atoms in total. The molecule has 1 unspecified atom stereocenters. The molecule has 0 saturated carbocycles. The van der Waals surface area contributed by atoms with Gasteiger partial charge in [-0.05, 0) is 18.8 Å². The van der Waals surface area contributed by atoms with Gasteiger partial charge in [-0.1, -0.05) is 57.9 Å². The second kappa shape index (κ2) is 6.05. The number of allylic oxidation sites excluding steroid dienone is 4. The molecule has 12 heavy (non-hydrogen) atoms. The van der Waals surface area contributed by atoms with Gasteiger partial charge < -0.3 is 0 Å².